The number of benzene rings is 2. The molecule has 0 fully saturated rings. The fraction of sp³-hybridized carbons (Fsp3) is 0.238. The van der Waals surface area contributed by atoms with Crippen LogP contribution in [0.15, 0.2) is 59.5 Å². The van der Waals surface area contributed by atoms with Gasteiger partial charge in [-0.15, -0.1) is 0 Å². The van der Waals surface area contributed by atoms with Gasteiger partial charge in [-0.25, -0.2) is 17.6 Å². The second-order valence-electron chi connectivity index (χ2n) is 6.16. The van der Waals surface area contributed by atoms with E-state index in [0.29, 0.717) is 18.7 Å². The Morgan fingerprint density at radius 2 is 1.80 bits per heavy atom. The number of carbonyl (C=O) groups excluding carboxylic acids is 2. The van der Waals surface area contributed by atoms with E-state index < -0.39 is 34.3 Å². The molecule has 2 aromatic carbocycles. The molecule has 0 aromatic heterocycles. The third-order valence-electron chi connectivity index (χ3n) is 4.07. The van der Waals surface area contributed by atoms with Crippen LogP contribution in [0.1, 0.15) is 19.4 Å². The Bertz CT molecular complexity index is 1030. The first kappa shape index (κ1) is 23.2. The van der Waals surface area contributed by atoms with E-state index in [4.69, 9.17) is 4.74 Å². The monoisotopic (exact) mass is 434 g/mol. The minimum Gasteiger partial charge on any atom is -0.452 e. The van der Waals surface area contributed by atoms with E-state index in [9.17, 15) is 22.4 Å². The number of nitrogens with zero attached hydrogens (tertiary/aromatic N) is 1. The van der Waals surface area contributed by atoms with Crippen LogP contribution in [0.4, 0.5) is 10.1 Å². The molecule has 0 heterocycles. The van der Waals surface area contributed by atoms with Gasteiger partial charge < -0.3 is 10.1 Å². The number of hydrogen-bond donors (Lipinski definition) is 1. The second-order valence-corrected chi connectivity index (χ2v) is 8.10. The fourth-order valence-corrected chi connectivity index (χ4v) is 4.11. The molecule has 1 amide bonds. The summed E-state index contributed by atoms with van der Waals surface area (Å²) in [5, 5.41) is 2.49. The van der Waals surface area contributed by atoms with Gasteiger partial charge in [0, 0.05) is 24.9 Å². The van der Waals surface area contributed by atoms with Crippen LogP contribution >= 0.6 is 0 Å². The molecule has 0 spiro atoms. The summed E-state index contributed by atoms with van der Waals surface area (Å²) in [6, 6.07) is 11.5. The van der Waals surface area contributed by atoms with Gasteiger partial charge in [0.25, 0.3) is 5.91 Å². The first-order chi connectivity index (χ1) is 14.3. The van der Waals surface area contributed by atoms with Crippen molar-refractivity contribution < 1.29 is 27.1 Å². The number of anilines is 1. The Morgan fingerprint density at radius 3 is 2.47 bits per heavy atom. The summed E-state index contributed by atoms with van der Waals surface area (Å²) >= 11 is 0. The SMILES string of the molecule is CCN(CC)S(=O)(=O)c1cccc(NC(=O)COC(=O)/C=C/c2cccc(F)c2)c1. The van der Waals surface area contributed by atoms with E-state index in [2.05, 4.69) is 5.32 Å². The van der Waals surface area contributed by atoms with E-state index in [-0.39, 0.29) is 10.6 Å². The second kappa shape index (κ2) is 10.7. The van der Waals surface area contributed by atoms with Crippen molar-refractivity contribution in [1.29, 1.82) is 0 Å². The predicted octanol–water partition coefficient (Wildman–Crippen LogP) is 3.05. The van der Waals surface area contributed by atoms with E-state index in [0.717, 1.165) is 6.08 Å². The molecule has 2 rings (SSSR count). The lowest BCUT2D eigenvalue weighted by Crippen LogP contribution is -2.30. The Balaban J connectivity index is 1.94. The molecule has 0 saturated heterocycles. The standard InChI is InChI=1S/C21H23FN2O5S/c1-3-24(4-2)30(27,28)19-10-6-9-18(14-19)23-20(25)15-29-21(26)12-11-16-7-5-8-17(22)13-16/h5-14H,3-4,15H2,1-2H3,(H,23,25)/b12-11+. The minimum atomic E-state index is -3.66. The molecule has 7 nitrogen and oxygen atoms in total. The Kier molecular flexibility index (Phi) is 8.25. The maximum atomic E-state index is 13.1. The number of nitrogens with one attached hydrogen (secondary N) is 1. The van der Waals surface area contributed by atoms with Crippen LogP contribution in [0.3, 0.4) is 0 Å². The maximum absolute atomic E-state index is 13.1. The highest BCUT2D eigenvalue weighted by atomic mass is 32.2. The first-order valence-electron chi connectivity index (χ1n) is 9.26. The van der Waals surface area contributed by atoms with E-state index in [1.54, 1.807) is 19.9 Å². The number of sulfonamides is 1. The zero-order valence-corrected chi connectivity index (χ0v) is 17.5. The van der Waals surface area contributed by atoms with Gasteiger partial charge in [-0.2, -0.15) is 4.31 Å². The van der Waals surface area contributed by atoms with Crippen molar-refractivity contribution in [3.05, 3.63) is 66.0 Å². The van der Waals surface area contributed by atoms with Gasteiger partial charge in [-0.3, -0.25) is 4.79 Å². The smallest absolute Gasteiger partial charge is 0.331 e. The lowest BCUT2D eigenvalue weighted by Gasteiger charge is -2.18. The van der Waals surface area contributed by atoms with E-state index >= 15 is 0 Å². The van der Waals surface area contributed by atoms with Crippen LogP contribution in [0.2, 0.25) is 0 Å². The fourth-order valence-electron chi connectivity index (χ4n) is 2.60. The Hall–Kier alpha value is -3.04. The van der Waals surface area contributed by atoms with Crippen LogP contribution < -0.4 is 5.32 Å². The summed E-state index contributed by atoms with van der Waals surface area (Å²) in [6.45, 7) is 3.58. The average Bonchev–Trinajstić information content (AvgIpc) is 2.71. The molecule has 0 unspecified atom stereocenters. The summed E-state index contributed by atoms with van der Waals surface area (Å²) in [5.41, 5.74) is 0.738. The van der Waals surface area contributed by atoms with Crippen LogP contribution in [-0.2, 0) is 24.3 Å². The molecule has 1 N–H and O–H groups in total. The summed E-state index contributed by atoms with van der Waals surface area (Å²) in [6.07, 6.45) is 2.45. The van der Waals surface area contributed by atoms with Crippen molar-refractivity contribution in [2.45, 2.75) is 18.7 Å². The topological polar surface area (TPSA) is 92.8 Å². The molecule has 2 aromatic rings. The molecule has 30 heavy (non-hydrogen) atoms. The maximum Gasteiger partial charge on any atom is 0.331 e. The highest BCUT2D eigenvalue weighted by molar-refractivity contribution is 7.89. The molecule has 0 bridgehead atoms. The van der Waals surface area contributed by atoms with Crippen molar-refractivity contribution in [1.82, 2.24) is 4.31 Å². The van der Waals surface area contributed by atoms with Crippen molar-refractivity contribution in [2.24, 2.45) is 0 Å². The van der Waals surface area contributed by atoms with E-state index in [1.165, 1.54) is 52.8 Å². The van der Waals surface area contributed by atoms with Crippen molar-refractivity contribution in [3.63, 3.8) is 0 Å². The molecule has 0 atom stereocenters. The van der Waals surface area contributed by atoms with Gasteiger partial charge in [0.05, 0.1) is 4.90 Å². The number of hydrogen-bond acceptors (Lipinski definition) is 5. The predicted molar refractivity (Wildman–Crippen MR) is 112 cm³/mol. The summed E-state index contributed by atoms with van der Waals surface area (Å²) < 4.78 is 44.4. The number of esters is 1. The van der Waals surface area contributed by atoms with Crippen molar-refractivity contribution >= 4 is 33.7 Å². The molecule has 0 aliphatic rings. The Labute approximate surface area is 175 Å². The quantitative estimate of drug-likeness (QED) is 0.484. The molecule has 0 radical (unpaired) electrons. The highest BCUT2D eigenvalue weighted by Crippen LogP contribution is 2.19. The number of amides is 1. The van der Waals surface area contributed by atoms with Gasteiger partial charge in [0.2, 0.25) is 10.0 Å². The largest absolute Gasteiger partial charge is 0.452 e. The normalized spacial score (nSPS) is 11.6. The average molecular weight is 434 g/mol. The number of rotatable bonds is 9. The lowest BCUT2D eigenvalue weighted by atomic mass is 10.2. The van der Waals surface area contributed by atoms with Crippen molar-refractivity contribution in [2.75, 3.05) is 25.0 Å². The summed E-state index contributed by atoms with van der Waals surface area (Å²) in [5.74, 6) is -1.83. The number of ether oxygens (including phenoxy) is 1. The highest BCUT2D eigenvalue weighted by Gasteiger charge is 2.21. The molecule has 0 aliphatic carbocycles. The van der Waals surface area contributed by atoms with Crippen LogP contribution in [0, 0.1) is 5.82 Å². The zero-order valence-electron chi connectivity index (χ0n) is 16.7. The van der Waals surface area contributed by atoms with Crippen LogP contribution in [0.5, 0.6) is 0 Å². The Morgan fingerprint density at radius 1 is 1.10 bits per heavy atom. The molecule has 0 aliphatic heterocycles. The third-order valence-corrected chi connectivity index (χ3v) is 6.11. The molecule has 0 saturated carbocycles. The molecular formula is C21H23FN2O5S. The van der Waals surface area contributed by atoms with Gasteiger partial charge >= 0.3 is 5.97 Å². The minimum absolute atomic E-state index is 0.0546. The zero-order chi connectivity index (χ0) is 22.1. The van der Waals surface area contributed by atoms with Gasteiger partial charge in [0.1, 0.15) is 5.82 Å². The van der Waals surface area contributed by atoms with Crippen LogP contribution in [0.25, 0.3) is 6.08 Å². The third kappa shape index (κ3) is 6.50. The van der Waals surface area contributed by atoms with Crippen LogP contribution in [-0.4, -0.2) is 44.3 Å². The lowest BCUT2D eigenvalue weighted by molar-refractivity contribution is -0.142. The summed E-state index contributed by atoms with van der Waals surface area (Å²) in [4.78, 5) is 23.8. The summed E-state index contributed by atoms with van der Waals surface area (Å²) in [7, 11) is -3.66. The van der Waals surface area contributed by atoms with Crippen molar-refractivity contribution in [3.8, 4) is 0 Å². The molecule has 9 heteroatoms. The number of carbonyl (C=O) groups is 2. The van der Waals surface area contributed by atoms with Gasteiger partial charge in [-0.05, 0) is 42.0 Å². The molecular weight excluding hydrogens is 411 g/mol. The first-order valence-corrected chi connectivity index (χ1v) is 10.7. The molecule has 160 valence electrons. The number of halogens is 1. The van der Waals surface area contributed by atoms with Gasteiger partial charge in [-0.1, -0.05) is 32.0 Å². The van der Waals surface area contributed by atoms with E-state index in [1.807, 2.05) is 0 Å². The van der Waals surface area contributed by atoms with Gasteiger partial charge in [0.15, 0.2) is 6.61 Å².